The molecule has 0 fully saturated rings. The Balaban J connectivity index is 2.03. The van der Waals surface area contributed by atoms with Crippen molar-refractivity contribution >= 4 is 5.96 Å². The number of nitrogens with zero attached hydrogens (tertiary/aromatic N) is 2. The molecule has 0 radical (unpaired) electrons. The molecule has 146 valence electrons. The Kier molecular flexibility index (Phi) is 6.74. The van der Waals surface area contributed by atoms with Crippen molar-refractivity contribution in [3.05, 3.63) is 52.2 Å². The average molecular weight is 371 g/mol. The van der Waals surface area contributed by atoms with Gasteiger partial charge in [0.25, 0.3) is 5.56 Å². The van der Waals surface area contributed by atoms with Crippen LogP contribution >= 0.6 is 0 Å². The Morgan fingerprint density at radius 2 is 1.89 bits per heavy atom. The lowest BCUT2D eigenvalue weighted by Gasteiger charge is -2.25. The fourth-order valence-corrected chi connectivity index (χ4v) is 2.89. The second kappa shape index (κ2) is 8.81. The van der Waals surface area contributed by atoms with Gasteiger partial charge in [-0.25, -0.2) is 0 Å². The summed E-state index contributed by atoms with van der Waals surface area (Å²) in [6.45, 7) is 10.4. The van der Waals surface area contributed by atoms with Gasteiger partial charge in [0.1, 0.15) is 5.82 Å². The summed E-state index contributed by atoms with van der Waals surface area (Å²) in [5, 5.41) is 13.2. The summed E-state index contributed by atoms with van der Waals surface area (Å²) in [7, 11) is 0. The van der Waals surface area contributed by atoms with Crippen LogP contribution in [0, 0.1) is 12.3 Å². The Hall–Kier alpha value is -2.67. The molecule has 7 heteroatoms. The molecule has 1 aromatic carbocycles. The zero-order chi connectivity index (χ0) is 20.0. The highest BCUT2D eigenvalue weighted by molar-refractivity contribution is 5.74. The van der Waals surface area contributed by atoms with Crippen molar-refractivity contribution in [1.29, 1.82) is 5.41 Å². The third-order valence-corrected chi connectivity index (χ3v) is 4.26. The Morgan fingerprint density at radius 3 is 2.48 bits per heavy atom. The molecule has 1 aromatic heterocycles. The summed E-state index contributed by atoms with van der Waals surface area (Å²) < 4.78 is 2.04. The first-order valence-electron chi connectivity index (χ1n) is 9.17. The molecular weight excluding hydrogens is 340 g/mol. The molecule has 0 spiro atoms. The normalized spacial score (nSPS) is 11.4. The summed E-state index contributed by atoms with van der Waals surface area (Å²) in [5.74, 6) is 0.720. The largest absolute Gasteiger partial charge is 0.370 e. The van der Waals surface area contributed by atoms with E-state index in [0.29, 0.717) is 12.1 Å². The van der Waals surface area contributed by atoms with Crippen molar-refractivity contribution in [1.82, 2.24) is 20.2 Å². The topological polar surface area (TPSA) is 109 Å². The van der Waals surface area contributed by atoms with Crippen LogP contribution in [-0.2, 0) is 12.1 Å². The minimum atomic E-state index is -0.197. The molecule has 0 saturated heterocycles. The van der Waals surface area contributed by atoms with E-state index in [1.165, 1.54) is 0 Å². The summed E-state index contributed by atoms with van der Waals surface area (Å²) >= 11 is 0. The first-order chi connectivity index (χ1) is 12.7. The smallest absolute Gasteiger partial charge is 0.280 e. The zero-order valence-electron chi connectivity index (χ0n) is 16.6. The summed E-state index contributed by atoms with van der Waals surface area (Å²) in [5.41, 5.74) is 7.54. The van der Waals surface area contributed by atoms with E-state index in [-0.39, 0.29) is 17.1 Å². The van der Waals surface area contributed by atoms with Crippen LogP contribution in [0.4, 0.5) is 0 Å². The number of aryl methyl sites for hydroxylation is 1. The second-order valence-corrected chi connectivity index (χ2v) is 7.62. The van der Waals surface area contributed by atoms with Gasteiger partial charge in [0.15, 0.2) is 5.96 Å². The fourth-order valence-electron chi connectivity index (χ4n) is 2.89. The van der Waals surface area contributed by atoms with Gasteiger partial charge < -0.3 is 20.9 Å². The number of nitrogens with two attached hydrogens (primary N) is 1. The molecule has 1 heterocycles. The van der Waals surface area contributed by atoms with Crippen LogP contribution in [0.3, 0.4) is 0 Å². The van der Waals surface area contributed by atoms with Crippen molar-refractivity contribution in [2.45, 2.75) is 46.2 Å². The van der Waals surface area contributed by atoms with Gasteiger partial charge in [0.05, 0.1) is 5.56 Å². The maximum Gasteiger partial charge on any atom is 0.280 e. The fraction of sp³-hybridized carbons (Fsp3) is 0.450. The van der Waals surface area contributed by atoms with Crippen LogP contribution in [0.1, 0.15) is 38.6 Å². The highest BCUT2D eigenvalue weighted by atomic mass is 16.1. The van der Waals surface area contributed by atoms with E-state index >= 15 is 0 Å². The highest BCUT2D eigenvalue weighted by Crippen LogP contribution is 2.20. The van der Waals surface area contributed by atoms with E-state index in [2.05, 4.69) is 36.4 Å². The molecule has 0 unspecified atom stereocenters. The molecule has 27 heavy (non-hydrogen) atoms. The van der Waals surface area contributed by atoms with Gasteiger partial charge in [0.2, 0.25) is 0 Å². The summed E-state index contributed by atoms with van der Waals surface area (Å²) in [4.78, 5) is 16.6. The Bertz CT molecular complexity index is 833. The molecule has 0 amide bonds. The van der Waals surface area contributed by atoms with Crippen LogP contribution in [0.5, 0.6) is 0 Å². The Labute approximate surface area is 160 Å². The van der Waals surface area contributed by atoms with Crippen molar-refractivity contribution < 1.29 is 0 Å². The predicted octanol–water partition coefficient (Wildman–Crippen LogP) is 1.94. The molecule has 0 bridgehead atoms. The number of aromatic nitrogens is 2. The monoisotopic (exact) mass is 370 g/mol. The molecule has 0 aliphatic carbocycles. The molecular formula is C20H30N6O. The molecule has 0 aliphatic rings. The standard InChI is InChI=1S/C20H30N6O/c1-14-25-18(27)17(13-26(14)20(2,3)4)16-8-6-15(7-9-16)12-23-10-5-11-24-19(21)22/h6-9,13,23H,5,10-12H2,1-4H3,(H4,21,22,24). The lowest BCUT2D eigenvalue weighted by atomic mass is 10.0. The quantitative estimate of drug-likeness (QED) is 0.338. The first kappa shape index (κ1) is 20.6. The zero-order valence-corrected chi connectivity index (χ0v) is 16.6. The van der Waals surface area contributed by atoms with E-state index in [1.807, 2.05) is 42.0 Å². The van der Waals surface area contributed by atoms with Gasteiger partial charge in [-0.05, 0) is 51.8 Å². The second-order valence-electron chi connectivity index (χ2n) is 7.62. The van der Waals surface area contributed by atoms with E-state index in [9.17, 15) is 4.79 Å². The maximum absolute atomic E-state index is 12.4. The van der Waals surface area contributed by atoms with Crippen LogP contribution in [-0.4, -0.2) is 28.6 Å². The first-order valence-corrected chi connectivity index (χ1v) is 9.17. The molecule has 0 aliphatic heterocycles. The van der Waals surface area contributed by atoms with Crippen LogP contribution in [0.25, 0.3) is 11.1 Å². The summed E-state index contributed by atoms with van der Waals surface area (Å²) in [6.07, 6.45) is 2.79. The minimum absolute atomic E-state index is 0.00158. The predicted molar refractivity (Wildman–Crippen MR) is 110 cm³/mol. The van der Waals surface area contributed by atoms with E-state index in [4.69, 9.17) is 11.1 Å². The molecule has 2 rings (SSSR count). The molecule has 0 saturated carbocycles. The molecule has 2 aromatic rings. The number of guanidine groups is 1. The van der Waals surface area contributed by atoms with E-state index < -0.39 is 0 Å². The lowest BCUT2D eigenvalue weighted by molar-refractivity contribution is 0.380. The van der Waals surface area contributed by atoms with Gasteiger partial charge in [-0.15, -0.1) is 0 Å². The van der Waals surface area contributed by atoms with Gasteiger partial charge in [0, 0.05) is 24.8 Å². The van der Waals surface area contributed by atoms with Gasteiger partial charge in [-0.2, -0.15) is 4.98 Å². The summed E-state index contributed by atoms with van der Waals surface area (Å²) in [6, 6.07) is 7.98. The molecule has 7 nitrogen and oxygen atoms in total. The van der Waals surface area contributed by atoms with Crippen molar-refractivity contribution in [2.24, 2.45) is 5.73 Å². The maximum atomic E-state index is 12.4. The number of nitrogens with one attached hydrogen (secondary N) is 3. The number of hydrogen-bond donors (Lipinski definition) is 4. The van der Waals surface area contributed by atoms with Crippen molar-refractivity contribution in [2.75, 3.05) is 13.1 Å². The van der Waals surface area contributed by atoms with Crippen LogP contribution < -0.4 is 21.9 Å². The Morgan fingerprint density at radius 1 is 1.22 bits per heavy atom. The third kappa shape index (κ3) is 5.92. The van der Waals surface area contributed by atoms with Gasteiger partial charge in [-0.1, -0.05) is 24.3 Å². The SMILES string of the molecule is Cc1nc(=O)c(-c2ccc(CNCCCNC(=N)N)cc2)cn1C(C)(C)C. The van der Waals surface area contributed by atoms with Gasteiger partial charge >= 0.3 is 0 Å². The number of hydrogen-bond acceptors (Lipinski definition) is 4. The van der Waals surface area contributed by atoms with E-state index in [1.54, 1.807) is 0 Å². The number of benzene rings is 1. The lowest BCUT2D eigenvalue weighted by Crippen LogP contribution is -2.32. The third-order valence-electron chi connectivity index (χ3n) is 4.26. The van der Waals surface area contributed by atoms with E-state index in [0.717, 1.165) is 36.5 Å². The minimum Gasteiger partial charge on any atom is -0.370 e. The van der Waals surface area contributed by atoms with Crippen molar-refractivity contribution in [3.8, 4) is 11.1 Å². The van der Waals surface area contributed by atoms with Gasteiger partial charge in [-0.3, -0.25) is 10.2 Å². The van der Waals surface area contributed by atoms with Crippen molar-refractivity contribution in [3.63, 3.8) is 0 Å². The molecule has 0 atom stereocenters. The average Bonchev–Trinajstić information content (AvgIpc) is 2.57. The highest BCUT2D eigenvalue weighted by Gasteiger charge is 2.17. The molecule has 5 N–H and O–H groups in total. The number of rotatable bonds is 7. The van der Waals surface area contributed by atoms with Crippen LogP contribution in [0.15, 0.2) is 35.3 Å². The van der Waals surface area contributed by atoms with Crippen LogP contribution in [0.2, 0.25) is 0 Å².